The maximum absolute atomic E-state index is 11.7. The molecule has 0 saturated carbocycles. The topological polar surface area (TPSA) is 26.3 Å². The van der Waals surface area contributed by atoms with Crippen LogP contribution >= 0.6 is 35.0 Å². The number of esters is 1. The first kappa shape index (κ1) is 14.7. The van der Waals surface area contributed by atoms with Gasteiger partial charge in [-0.3, -0.25) is 4.79 Å². The summed E-state index contributed by atoms with van der Waals surface area (Å²) < 4.78 is 4.37. The van der Waals surface area contributed by atoms with Crippen molar-refractivity contribution in [2.75, 3.05) is 6.61 Å². The van der Waals surface area contributed by atoms with Crippen LogP contribution in [0.5, 0.6) is 0 Å². The van der Waals surface area contributed by atoms with E-state index < -0.39 is 4.75 Å². The Morgan fingerprint density at radius 1 is 1.35 bits per heavy atom. The maximum Gasteiger partial charge on any atom is 0.321 e. The maximum atomic E-state index is 11.7. The normalized spacial score (nSPS) is 11.4. The van der Waals surface area contributed by atoms with Crippen LogP contribution in [0.15, 0.2) is 23.1 Å². The molecule has 0 spiro atoms. The molecular formula is C12H14Cl2O2S. The second kappa shape index (κ2) is 5.98. The van der Waals surface area contributed by atoms with E-state index in [0.29, 0.717) is 16.7 Å². The van der Waals surface area contributed by atoms with Gasteiger partial charge in [-0.1, -0.05) is 23.2 Å². The van der Waals surface area contributed by atoms with Gasteiger partial charge in [0.15, 0.2) is 0 Å². The number of halogens is 2. The predicted octanol–water partition coefficient (Wildman–Crippen LogP) is 4.43. The average molecular weight is 293 g/mol. The SMILES string of the molecule is CCOC(=O)C(C)(C)Sc1ccc(Cl)c(Cl)c1. The van der Waals surface area contributed by atoms with Crippen molar-refractivity contribution < 1.29 is 9.53 Å². The molecule has 0 N–H and O–H groups in total. The highest BCUT2D eigenvalue weighted by molar-refractivity contribution is 8.01. The van der Waals surface area contributed by atoms with Crippen LogP contribution in [0.2, 0.25) is 10.0 Å². The lowest BCUT2D eigenvalue weighted by atomic mass is 10.2. The Balaban J connectivity index is 2.82. The van der Waals surface area contributed by atoms with Crippen molar-refractivity contribution in [3.8, 4) is 0 Å². The van der Waals surface area contributed by atoms with Crippen molar-refractivity contribution in [2.24, 2.45) is 0 Å². The molecule has 0 amide bonds. The summed E-state index contributed by atoms with van der Waals surface area (Å²) in [6.45, 7) is 5.80. The minimum Gasteiger partial charge on any atom is -0.465 e. The Morgan fingerprint density at radius 2 is 2.00 bits per heavy atom. The summed E-state index contributed by atoms with van der Waals surface area (Å²) in [5.74, 6) is -0.240. The van der Waals surface area contributed by atoms with Gasteiger partial charge < -0.3 is 4.74 Å². The molecule has 0 aliphatic heterocycles. The minimum absolute atomic E-state index is 0.240. The summed E-state index contributed by atoms with van der Waals surface area (Å²) in [7, 11) is 0. The third-order valence-electron chi connectivity index (χ3n) is 2.03. The molecule has 94 valence electrons. The van der Waals surface area contributed by atoms with Crippen molar-refractivity contribution in [2.45, 2.75) is 30.4 Å². The second-order valence-electron chi connectivity index (χ2n) is 3.91. The van der Waals surface area contributed by atoms with Crippen LogP contribution in [0.25, 0.3) is 0 Å². The molecule has 0 fully saturated rings. The predicted molar refractivity (Wildman–Crippen MR) is 73.0 cm³/mol. The molecule has 0 radical (unpaired) electrons. The van der Waals surface area contributed by atoms with E-state index in [9.17, 15) is 4.79 Å². The smallest absolute Gasteiger partial charge is 0.321 e. The average Bonchev–Trinajstić information content (AvgIpc) is 2.23. The zero-order valence-electron chi connectivity index (χ0n) is 9.92. The number of ether oxygens (including phenoxy) is 1. The number of hydrogen-bond donors (Lipinski definition) is 0. The van der Waals surface area contributed by atoms with E-state index in [-0.39, 0.29) is 5.97 Å². The molecule has 0 saturated heterocycles. The van der Waals surface area contributed by atoms with Crippen molar-refractivity contribution in [1.82, 2.24) is 0 Å². The van der Waals surface area contributed by atoms with Gasteiger partial charge in [-0.15, -0.1) is 11.8 Å². The largest absolute Gasteiger partial charge is 0.465 e. The van der Waals surface area contributed by atoms with Gasteiger partial charge in [-0.25, -0.2) is 0 Å². The fourth-order valence-corrected chi connectivity index (χ4v) is 2.59. The highest BCUT2D eigenvalue weighted by atomic mass is 35.5. The highest BCUT2D eigenvalue weighted by Gasteiger charge is 2.30. The Bertz CT molecular complexity index is 419. The Kier molecular flexibility index (Phi) is 5.17. The molecule has 17 heavy (non-hydrogen) atoms. The molecule has 0 atom stereocenters. The van der Waals surface area contributed by atoms with Crippen molar-refractivity contribution >= 4 is 40.9 Å². The number of hydrogen-bond acceptors (Lipinski definition) is 3. The second-order valence-corrected chi connectivity index (χ2v) is 6.42. The lowest BCUT2D eigenvalue weighted by Gasteiger charge is -2.21. The quantitative estimate of drug-likeness (QED) is 0.607. The van der Waals surface area contributed by atoms with Crippen LogP contribution in [0.4, 0.5) is 0 Å². The number of benzene rings is 1. The number of carbonyl (C=O) groups is 1. The third kappa shape index (κ3) is 4.09. The first-order chi connectivity index (χ1) is 7.86. The van der Waals surface area contributed by atoms with E-state index >= 15 is 0 Å². The standard InChI is InChI=1S/C12H14Cl2O2S/c1-4-16-11(15)12(2,3)17-8-5-6-9(13)10(14)7-8/h5-7H,4H2,1-3H3. The van der Waals surface area contributed by atoms with Crippen molar-refractivity contribution in [3.63, 3.8) is 0 Å². The fourth-order valence-electron chi connectivity index (χ4n) is 1.18. The summed E-state index contributed by atoms with van der Waals surface area (Å²) in [6.07, 6.45) is 0. The summed E-state index contributed by atoms with van der Waals surface area (Å²) in [4.78, 5) is 12.6. The Morgan fingerprint density at radius 3 is 2.53 bits per heavy atom. The molecule has 0 unspecified atom stereocenters. The number of thioether (sulfide) groups is 1. The van der Waals surface area contributed by atoms with Gasteiger partial charge in [0, 0.05) is 4.90 Å². The molecule has 0 heterocycles. The molecule has 0 aliphatic rings. The summed E-state index contributed by atoms with van der Waals surface area (Å²) in [5, 5.41) is 0.987. The summed E-state index contributed by atoms with van der Waals surface area (Å²) in [5.41, 5.74) is 0. The molecule has 0 aliphatic carbocycles. The Hall–Kier alpha value is -0.380. The molecule has 1 aromatic carbocycles. The van der Waals surface area contributed by atoms with Crippen LogP contribution in [-0.4, -0.2) is 17.3 Å². The van der Waals surface area contributed by atoms with Crippen LogP contribution in [0.3, 0.4) is 0 Å². The van der Waals surface area contributed by atoms with E-state index in [1.165, 1.54) is 11.8 Å². The zero-order chi connectivity index (χ0) is 13.1. The lowest BCUT2D eigenvalue weighted by Crippen LogP contribution is -2.29. The van der Waals surface area contributed by atoms with E-state index in [1.54, 1.807) is 19.1 Å². The van der Waals surface area contributed by atoms with E-state index in [4.69, 9.17) is 27.9 Å². The molecular weight excluding hydrogens is 279 g/mol. The summed E-state index contributed by atoms with van der Waals surface area (Å²) >= 11 is 13.2. The van der Waals surface area contributed by atoms with E-state index in [0.717, 1.165) is 4.90 Å². The minimum atomic E-state index is -0.646. The van der Waals surface area contributed by atoms with Gasteiger partial charge in [0.2, 0.25) is 0 Å². The van der Waals surface area contributed by atoms with Crippen molar-refractivity contribution in [1.29, 1.82) is 0 Å². The van der Waals surface area contributed by atoms with Gasteiger partial charge >= 0.3 is 5.97 Å². The fraction of sp³-hybridized carbons (Fsp3) is 0.417. The Labute approximate surface area is 116 Å². The zero-order valence-corrected chi connectivity index (χ0v) is 12.2. The van der Waals surface area contributed by atoms with E-state index in [2.05, 4.69) is 0 Å². The third-order valence-corrected chi connectivity index (χ3v) is 3.94. The van der Waals surface area contributed by atoms with Crippen LogP contribution in [0, 0.1) is 0 Å². The van der Waals surface area contributed by atoms with Gasteiger partial charge in [0.05, 0.1) is 16.7 Å². The van der Waals surface area contributed by atoms with Crippen molar-refractivity contribution in [3.05, 3.63) is 28.2 Å². The lowest BCUT2D eigenvalue weighted by molar-refractivity contribution is -0.145. The van der Waals surface area contributed by atoms with Crippen LogP contribution in [-0.2, 0) is 9.53 Å². The van der Waals surface area contributed by atoms with Crippen LogP contribution in [0.1, 0.15) is 20.8 Å². The molecule has 0 aromatic heterocycles. The number of rotatable bonds is 4. The molecule has 1 aromatic rings. The molecule has 5 heteroatoms. The molecule has 0 bridgehead atoms. The molecule has 1 rings (SSSR count). The van der Waals surface area contributed by atoms with Gasteiger partial charge in [-0.05, 0) is 39.0 Å². The first-order valence-electron chi connectivity index (χ1n) is 5.18. The van der Waals surface area contributed by atoms with E-state index in [1.807, 2.05) is 19.9 Å². The van der Waals surface area contributed by atoms with Gasteiger partial charge in [0.1, 0.15) is 4.75 Å². The first-order valence-corrected chi connectivity index (χ1v) is 6.75. The summed E-state index contributed by atoms with van der Waals surface area (Å²) in [6, 6.07) is 5.29. The van der Waals surface area contributed by atoms with Gasteiger partial charge in [-0.2, -0.15) is 0 Å². The highest BCUT2D eigenvalue weighted by Crippen LogP contribution is 2.36. The van der Waals surface area contributed by atoms with Gasteiger partial charge in [0.25, 0.3) is 0 Å². The van der Waals surface area contributed by atoms with Crippen LogP contribution < -0.4 is 0 Å². The monoisotopic (exact) mass is 292 g/mol. The number of carbonyl (C=O) groups excluding carboxylic acids is 1. The molecule has 2 nitrogen and oxygen atoms in total.